The predicted molar refractivity (Wildman–Crippen MR) is 30.1 cm³/mol. The van der Waals surface area contributed by atoms with Crippen LogP contribution >= 0.6 is 12.4 Å². The lowest BCUT2D eigenvalue weighted by Gasteiger charge is -2.12. The summed E-state index contributed by atoms with van der Waals surface area (Å²) >= 11 is 0. The van der Waals surface area contributed by atoms with Gasteiger partial charge in [0.1, 0.15) is 6.04 Å². The summed E-state index contributed by atoms with van der Waals surface area (Å²) in [6, 6.07) is -1.62. The fourth-order valence-electron chi connectivity index (χ4n) is 0.0945. The zero-order chi connectivity index (χ0) is 6.78. The van der Waals surface area contributed by atoms with Crippen molar-refractivity contribution in [3.05, 3.63) is 0 Å². The summed E-state index contributed by atoms with van der Waals surface area (Å²) in [7, 11) is 0. The molecule has 0 saturated heterocycles. The van der Waals surface area contributed by atoms with E-state index in [9.17, 15) is 13.2 Å². The predicted octanol–water partition coefficient (Wildman–Crippen LogP) is 0.822. The minimum absolute atomic E-state index is 0. The maximum atomic E-state index is 11.3. The van der Waals surface area contributed by atoms with Gasteiger partial charge in [-0.05, 0) is 6.92 Å². The smallest absolute Gasteiger partial charge is 0.271 e. The topological polar surface area (TPSA) is 38.0 Å². The Bertz CT molecular complexity index is 73.9. The Morgan fingerprint density at radius 2 is 1.78 bits per heavy atom. The minimum Gasteiger partial charge on any atom is -0.271 e. The van der Waals surface area contributed by atoms with E-state index in [0.29, 0.717) is 0 Å². The molecule has 58 valence electrons. The minimum atomic E-state index is -4.23. The third kappa shape index (κ3) is 4.50. The Morgan fingerprint density at radius 3 is 1.78 bits per heavy atom. The molecule has 1 atom stereocenters. The van der Waals surface area contributed by atoms with E-state index >= 15 is 0 Å². The van der Waals surface area contributed by atoms with Crippen LogP contribution in [0.5, 0.6) is 0 Å². The second-order valence-corrected chi connectivity index (χ2v) is 1.43. The Kier molecular flexibility index (Phi) is 5.12. The van der Waals surface area contributed by atoms with E-state index in [-0.39, 0.29) is 12.4 Å². The summed E-state index contributed by atoms with van der Waals surface area (Å²) in [6.07, 6.45) is -4.23. The van der Waals surface area contributed by atoms with Crippen molar-refractivity contribution in [3.63, 3.8) is 0 Å². The SMILES string of the molecule is C[C@H](NN)C(F)(F)F.Cl. The molecule has 0 aliphatic rings. The molecule has 9 heavy (non-hydrogen) atoms. The van der Waals surface area contributed by atoms with Crippen molar-refractivity contribution in [2.75, 3.05) is 0 Å². The maximum Gasteiger partial charge on any atom is 0.404 e. The van der Waals surface area contributed by atoms with E-state index in [1.807, 2.05) is 0 Å². The van der Waals surface area contributed by atoms with Crippen molar-refractivity contribution in [2.24, 2.45) is 5.84 Å². The third-order valence-electron chi connectivity index (χ3n) is 0.741. The van der Waals surface area contributed by atoms with Gasteiger partial charge >= 0.3 is 6.18 Å². The van der Waals surface area contributed by atoms with Gasteiger partial charge in [0.25, 0.3) is 0 Å². The second-order valence-electron chi connectivity index (χ2n) is 1.43. The zero-order valence-corrected chi connectivity index (χ0v) is 5.51. The summed E-state index contributed by atoms with van der Waals surface area (Å²) < 4.78 is 33.9. The van der Waals surface area contributed by atoms with Crippen LogP contribution < -0.4 is 11.3 Å². The van der Waals surface area contributed by atoms with Gasteiger partial charge in [0.15, 0.2) is 0 Å². The number of rotatable bonds is 1. The first-order chi connectivity index (χ1) is 3.48. The Hall–Kier alpha value is -0.0000000000000000555. The quantitative estimate of drug-likeness (QED) is 0.445. The molecule has 0 aromatic carbocycles. The first kappa shape index (κ1) is 11.8. The molecule has 0 rings (SSSR count). The average Bonchev–Trinajstić information content (AvgIpc) is 1.62. The van der Waals surface area contributed by atoms with Crippen LogP contribution in [0.2, 0.25) is 0 Å². The molecule has 2 nitrogen and oxygen atoms in total. The summed E-state index contributed by atoms with van der Waals surface area (Å²) in [5, 5.41) is 0. The molecule has 0 aliphatic carbocycles. The molecule has 6 heteroatoms. The van der Waals surface area contributed by atoms with Crippen molar-refractivity contribution in [1.82, 2.24) is 5.43 Å². The number of hydrogen-bond donors (Lipinski definition) is 2. The molecular formula is C3H8ClF3N2. The summed E-state index contributed by atoms with van der Waals surface area (Å²) in [6.45, 7) is 0.944. The van der Waals surface area contributed by atoms with Gasteiger partial charge in [0, 0.05) is 0 Å². The molecule has 0 aliphatic heterocycles. The molecule has 0 aromatic rings. The number of halogens is 4. The molecule has 0 unspecified atom stereocenters. The van der Waals surface area contributed by atoms with E-state index in [1.165, 1.54) is 0 Å². The molecule has 0 radical (unpaired) electrons. The molecule has 3 N–H and O–H groups in total. The number of hydrazine groups is 1. The normalized spacial score (nSPS) is 14.3. The highest BCUT2D eigenvalue weighted by atomic mass is 35.5. The van der Waals surface area contributed by atoms with Crippen molar-refractivity contribution < 1.29 is 13.2 Å². The Labute approximate surface area is 57.0 Å². The molecule has 0 amide bonds. The first-order valence-corrected chi connectivity index (χ1v) is 2.01. The van der Waals surface area contributed by atoms with Crippen LogP contribution in [0, 0.1) is 0 Å². The highest BCUT2D eigenvalue weighted by Gasteiger charge is 2.34. The fraction of sp³-hybridized carbons (Fsp3) is 1.00. The van der Waals surface area contributed by atoms with E-state index in [0.717, 1.165) is 6.92 Å². The lowest BCUT2D eigenvalue weighted by atomic mass is 10.4. The molecule has 0 saturated carbocycles. The number of nitrogens with two attached hydrogens (primary N) is 1. The van der Waals surface area contributed by atoms with Crippen LogP contribution in [0.1, 0.15) is 6.92 Å². The van der Waals surface area contributed by atoms with Crippen molar-refractivity contribution in [3.8, 4) is 0 Å². The van der Waals surface area contributed by atoms with Gasteiger partial charge in [-0.3, -0.25) is 5.84 Å². The van der Waals surface area contributed by atoms with Crippen LogP contribution in [0.15, 0.2) is 0 Å². The number of alkyl halides is 3. The van der Waals surface area contributed by atoms with E-state index in [1.54, 1.807) is 5.43 Å². The van der Waals surface area contributed by atoms with E-state index < -0.39 is 12.2 Å². The van der Waals surface area contributed by atoms with E-state index in [4.69, 9.17) is 0 Å². The molecular weight excluding hydrogens is 156 g/mol. The van der Waals surface area contributed by atoms with Crippen LogP contribution in [0.4, 0.5) is 13.2 Å². The van der Waals surface area contributed by atoms with Gasteiger partial charge in [-0.1, -0.05) is 0 Å². The summed E-state index contributed by atoms with van der Waals surface area (Å²) in [4.78, 5) is 0. The van der Waals surface area contributed by atoms with Gasteiger partial charge in [-0.25, -0.2) is 5.43 Å². The average molecular weight is 165 g/mol. The Morgan fingerprint density at radius 1 is 1.44 bits per heavy atom. The van der Waals surface area contributed by atoms with Gasteiger partial charge in [0.2, 0.25) is 0 Å². The lowest BCUT2D eigenvalue weighted by Crippen LogP contribution is -2.43. The van der Waals surface area contributed by atoms with Crippen molar-refractivity contribution in [1.29, 1.82) is 0 Å². The standard InChI is InChI=1S/C3H7F3N2.ClH/c1-2(8-7)3(4,5)6;/h2,8H,7H2,1H3;1H/t2-;/m0./s1. The molecule has 0 spiro atoms. The highest BCUT2D eigenvalue weighted by molar-refractivity contribution is 5.85. The van der Waals surface area contributed by atoms with E-state index in [2.05, 4.69) is 5.84 Å². The second kappa shape index (κ2) is 3.92. The number of hydrogen-bond acceptors (Lipinski definition) is 2. The Balaban J connectivity index is 0. The van der Waals surface area contributed by atoms with Crippen molar-refractivity contribution >= 4 is 12.4 Å². The maximum absolute atomic E-state index is 11.3. The molecule has 0 aromatic heterocycles. The van der Waals surface area contributed by atoms with Gasteiger partial charge in [0.05, 0.1) is 0 Å². The lowest BCUT2D eigenvalue weighted by molar-refractivity contribution is -0.151. The monoisotopic (exact) mass is 164 g/mol. The van der Waals surface area contributed by atoms with Crippen LogP contribution in [0.3, 0.4) is 0 Å². The highest BCUT2D eigenvalue weighted by Crippen LogP contribution is 2.18. The van der Waals surface area contributed by atoms with Crippen LogP contribution in [0.25, 0.3) is 0 Å². The van der Waals surface area contributed by atoms with Crippen LogP contribution in [-0.2, 0) is 0 Å². The summed E-state index contributed by atoms with van der Waals surface area (Å²) in [5.74, 6) is 4.49. The van der Waals surface area contributed by atoms with Gasteiger partial charge in [-0.2, -0.15) is 13.2 Å². The third-order valence-corrected chi connectivity index (χ3v) is 0.741. The molecule has 0 fully saturated rings. The fourth-order valence-corrected chi connectivity index (χ4v) is 0.0945. The van der Waals surface area contributed by atoms with Crippen molar-refractivity contribution in [2.45, 2.75) is 19.1 Å². The van der Waals surface area contributed by atoms with Gasteiger partial charge < -0.3 is 0 Å². The number of nitrogens with one attached hydrogen (secondary N) is 1. The first-order valence-electron chi connectivity index (χ1n) is 2.01. The van der Waals surface area contributed by atoms with Crippen LogP contribution in [-0.4, -0.2) is 12.2 Å². The molecule has 0 bridgehead atoms. The largest absolute Gasteiger partial charge is 0.404 e. The zero-order valence-electron chi connectivity index (χ0n) is 4.70. The summed E-state index contributed by atoms with van der Waals surface area (Å²) in [5.41, 5.74) is 1.58. The van der Waals surface area contributed by atoms with Gasteiger partial charge in [-0.15, -0.1) is 12.4 Å². The molecule has 0 heterocycles.